The van der Waals surface area contributed by atoms with Crippen molar-refractivity contribution < 1.29 is 4.74 Å². The van der Waals surface area contributed by atoms with Gasteiger partial charge in [0, 0.05) is 19.1 Å². The molecule has 3 nitrogen and oxygen atoms in total. The summed E-state index contributed by atoms with van der Waals surface area (Å²) in [6.45, 7) is 2.70. The fourth-order valence-corrected chi connectivity index (χ4v) is 3.36. The second-order valence-corrected chi connectivity index (χ2v) is 5.50. The third-order valence-corrected chi connectivity index (χ3v) is 4.36. The number of fused-ring (bicyclic) bond motifs is 1. The van der Waals surface area contributed by atoms with Gasteiger partial charge in [0.25, 0.3) is 0 Å². The smallest absolute Gasteiger partial charge is 0.0995 e. The molecule has 0 aromatic heterocycles. The van der Waals surface area contributed by atoms with Crippen LogP contribution in [0, 0.1) is 11.3 Å². The highest BCUT2D eigenvalue weighted by molar-refractivity contribution is 5.37. The van der Waals surface area contributed by atoms with Crippen LogP contribution in [0.4, 0.5) is 0 Å². The molecule has 0 bridgehead atoms. The molecule has 3 rings (SSSR count). The number of nitrogens with zero attached hydrogens (tertiary/aromatic N) is 2. The molecule has 2 aliphatic rings. The maximum atomic E-state index is 9.19. The van der Waals surface area contributed by atoms with Gasteiger partial charge in [-0.15, -0.1) is 0 Å². The molecule has 100 valence electrons. The molecule has 0 spiro atoms. The lowest BCUT2D eigenvalue weighted by Crippen LogP contribution is -2.52. The van der Waals surface area contributed by atoms with Crippen LogP contribution >= 0.6 is 0 Å². The van der Waals surface area contributed by atoms with Gasteiger partial charge in [-0.1, -0.05) is 31.0 Å². The van der Waals surface area contributed by atoms with Crippen molar-refractivity contribution in [2.75, 3.05) is 13.2 Å². The van der Waals surface area contributed by atoms with Crippen molar-refractivity contribution in [1.29, 1.82) is 5.26 Å². The number of hydrogen-bond donors (Lipinski definition) is 0. The number of rotatable bonds is 2. The first-order chi connectivity index (χ1) is 9.38. The summed E-state index contributed by atoms with van der Waals surface area (Å²) in [7, 11) is 0. The topological polar surface area (TPSA) is 36.3 Å². The highest BCUT2D eigenvalue weighted by Gasteiger charge is 2.34. The van der Waals surface area contributed by atoms with Crippen molar-refractivity contribution >= 4 is 0 Å². The molecule has 1 aromatic rings. The fourth-order valence-electron chi connectivity index (χ4n) is 3.36. The summed E-state index contributed by atoms with van der Waals surface area (Å²) in [6, 6.07) is 10.8. The van der Waals surface area contributed by atoms with Gasteiger partial charge in [0.2, 0.25) is 0 Å². The van der Waals surface area contributed by atoms with E-state index in [0.717, 1.165) is 30.8 Å². The molecule has 1 saturated carbocycles. The second-order valence-electron chi connectivity index (χ2n) is 5.50. The quantitative estimate of drug-likeness (QED) is 0.816. The van der Waals surface area contributed by atoms with Crippen molar-refractivity contribution in [2.45, 2.75) is 44.4 Å². The van der Waals surface area contributed by atoms with E-state index in [1.165, 1.54) is 25.7 Å². The molecular formula is C16H20N2O. The Kier molecular flexibility index (Phi) is 3.82. The molecule has 1 aliphatic carbocycles. The monoisotopic (exact) mass is 256 g/mol. The molecule has 1 saturated heterocycles. The van der Waals surface area contributed by atoms with E-state index in [0.29, 0.717) is 12.1 Å². The highest BCUT2D eigenvalue weighted by atomic mass is 16.5. The van der Waals surface area contributed by atoms with E-state index in [1.807, 2.05) is 18.2 Å². The van der Waals surface area contributed by atoms with E-state index in [2.05, 4.69) is 17.0 Å². The van der Waals surface area contributed by atoms with E-state index in [9.17, 15) is 5.26 Å². The lowest BCUT2D eigenvalue weighted by molar-refractivity contribution is -0.0911. The Bertz CT molecular complexity index is 478. The summed E-state index contributed by atoms with van der Waals surface area (Å²) in [5.74, 6) is 0. The normalized spacial score (nSPS) is 27.5. The van der Waals surface area contributed by atoms with E-state index < -0.39 is 0 Å². The molecule has 0 amide bonds. The molecule has 19 heavy (non-hydrogen) atoms. The predicted octanol–water partition coefficient (Wildman–Crippen LogP) is 2.70. The molecule has 1 aromatic carbocycles. The van der Waals surface area contributed by atoms with Gasteiger partial charge in [-0.05, 0) is 24.5 Å². The molecule has 2 fully saturated rings. The van der Waals surface area contributed by atoms with Gasteiger partial charge in [0.1, 0.15) is 0 Å². The largest absolute Gasteiger partial charge is 0.375 e. The fraction of sp³-hybridized carbons (Fsp3) is 0.562. The Morgan fingerprint density at radius 1 is 1.26 bits per heavy atom. The van der Waals surface area contributed by atoms with Gasteiger partial charge in [-0.3, -0.25) is 4.90 Å². The number of ether oxygens (including phenoxy) is 1. The third kappa shape index (κ3) is 2.65. The lowest BCUT2D eigenvalue weighted by Gasteiger charge is -2.44. The zero-order valence-corrected chi connectivity index (χ0v) is 11.2. The first kappa shape index (κ1) is 12.7. The Morgan fingerprint density at radius 2 is 2.11 bits per heavy atom. The number of benzene rings is 1. The van der Waals surface area contributed by atoms with Crippen molar-refractivity contribution in [1.82, 2.24) is 4.90 Å². The van der Waals surface area contributed by atoms with Gasteiger partial charge < -0.3 is 4.74 Å². The predicted molar refractivity (Wildman–Crippen MR) is 73.6 cm³/mol. The van der Waals surface area contributed by atoms with Crippen LogP contribution in [0.25, 0.3) is 0 Å². The summed E-state index contributed by atoms with van der Waals surface area (Å²) >= 11 is 0. The first-order valence-electron chi connectivity index (χ1n) is 7.22. The van der Waals surface area contributed by atoms with Crippen molar-refractivity contribution in [3.05, 3.63) is 35.4 Å². The van der Waals surface area contributed by atoms with Crippen LogP contribution in [0.2, 0.25) is 0 Å². The Morgan fingerprint density at radius 3 is 3.00 bits per heavy atom. The highest BCUT2D eigenvalue weighted by Crippen LogP contribution is 2.29. The minimum atomic E-state index is 0.414. The van der Waals surface area contributed by atoms with Crippen LogP contribution in [-0.4, -0.2) is 30.2 Å². The molecule has 1 heterocycles. The summed E-state index contributed by atoms with van der Waals surface area (Å²) in [6.07, 6.45) is 5.45. The van der Waals surface area contributed by atoms with Crippen LogP contribution in [0.1, 0.15) is 36.8 Å². The van der Waals surface area contributed by atoms with Crippen LogP contribution in [0.3, 0.4) is 0 Å². The van der Waals surface area contributed by atoms with Crippen LogP contribution in [0.15, 0.2) is 24.3 Å². The standard InChI is InChI=1S/C16H20N2O/c17-11-13-5-1-2-6-14(13)12-18-9-10-19-16-8-4-3-7-15(16)18/h1-2,5-6,15-16H,3-4,7-10,12H2. The molecule has 2 atom stereocenters. The molecular weight excluding hydrogens is 236 g/mol. The molecule has 0 N–H and O–H groups in total. The van der Waals surface area contributed by atoms with Crippen molar-refractivity contribution in [2.24, 2.45) is 0 Å². The Hall–Kier alpha value is -1.37. The minimum Gasteiger partial charge on any atom is -0.375 e. The van der Waals surface area contributed by atoms with Crippen LogP contribution in [-0.2, 0) is 11.3 Å². The maximum Gasteiger partial charge on any atom is 0.0995 e. The average Bonchev–Trinajstić information content (AvgIpc) is 2.48. The number of nitriles is 1. The Labute approximate surface area is 114 Å². The molecule has 2 unspecified atom stereocenters. The Balaban J connectivity index is 1.76. The number of morpholine rings is 1. The van der Waals surface area contributed by atoms with E-state index in [1.54, 1.807) is 0 Å². The van der Waals surface area contributed by atoms with Gasteiger partial charge in [0.15, 0.2) is 0 Å². The zero-order valence-electron chi connectivity index (χ0n) is 11.2. The summed E-state index contributed by atoms with van der Waals surface area (Å²) in [5, 5.41) is 9.19. The minimum absolute atomic E-state index is 0.414. The molecule has 0 radical (unpaired) electrons. The second kappa shape index (κ2) is 5.73. The van der Waals surface area contributed by atoms with E-state index in [4.69, 9.17) is 4.74 Å². The first-order valence-corrected chi connectivity index (χ1v) is 7.22. The maximum absolute atomic E-state index is 9.19. The van der Waals surface area contributed by atoms with Gasteiger partial charge in [-0.2, -0.15) is 5.26 Å². The van der Waals surface area contributed by atoms with Crippen LogP contribution < -0.4 is 0 Å². The molecule has 1 aliphatic heterocycles. The summed E-state index contributed by atoms with van der Waals surface area (Å²) in [5.41, 5.74) is 1.96. The van der Waals surface area contributed by atoms with E-state index in [-0.39, 0.29) is 0 Å². The third-order valence-electron chi connectivity index (χ3n) is 4.36. The van der Waals surface area contributed by atoms with Crippen molar-refractivity contribution in [3.63, 3.8) is 0 Å². The van der Waals surface area contributed by atoms with E-state index >= 15 is 0 Å². The van der Waals surface area contributed by atoms with Gasteiger partial charge >= 0.3 is 0 Å². The van der Waals surface area contributed by atoms with Crippen molar-refractivity contribution in [3.8, 4) is 6.07 Å². The summed E-state index contributed by atoms with van der Waals surface area (Å²) in [4.78, 5) is 2.52. The lowest BCUT2D eigenvalue weighted by atomic mass is 9.89. The van der Waals surface area contributed by atoms with Gasteiger partial charge in [0.05, 0.1) is 24.3 Å². The summed E-state index contributed by atoms with van der Waals surface area (Å²) < 4.78 is 5.90. The SMILES string of the molecule is N#Cc1ccccc1CN1CCOC2CCCCC21. The van der Waals surface area contributed by atoms with Gasteiger partial charge in [-0.25, -0.2) is 0 Å². The average molecular weight is 256 g/mol. The molecule has 3 heteroatoms. The number of hydrogen-bond acceptors (Lipinski definition) is 3. The zero-order chi connectivity index (χ0) is 13.1. The van der Waals surface area contributed by atoms with Crippen LogP contribution in [0.5, 0.6) is 0 Å².